The molecule has 0 amide bonds. The minimum Gasteiger partial charge on any atom is -0.324 e. The molecule has 3 nitrogen and oxygen atoms in total. The molecule has 2 aromatic carbocycles. The van der Waals surface area contributed by atoms with Gasteiger partial charge in [0.1, 0.15) is 5.82 Å². The Balaban J connectivity index is 1.91. The Morgan fingerprint density at radius 1 is 1.00 bits per heavy atom. The van der Waals surface area contributed by atoms with Crippen LogP contribution < -0.4 is 5.32 Å². The van der Waals surface area contributed by atoms with E-state index < -0.39 is 0 Å². The molecule has 0 bridgehead atoms. The molecule has 104 valence electrons. The fourth-order valence-corrected chi connectivity index (χ4v) is 1.98. The molecule has 1 aromatic heterocycles. The summed E-state index contributed by atoms with van der Waals surface area (Å²) in [5, 5.41) is 3.12. The summed E-state index contributed by atoms with van der Waals surface area (Å²) in [7, 11) is 0. The maximum absolute atomic E-state index is 13.7. The molecular weight excluding hydrogens is 265 g/mol. The smallest absolute Gasteiger partial charge is 0.227 e. The molecule has 0 spiro atoms. The highest BCUT2D eigenvalue weighted by Gasteiger charge is 2.05. The van der Waals surface area contributed by atoms with E-state index in [1.165, 1.54) is 6.07 Å². The van der Waals surface area contributed by atoms with Gasteiger partial charge in [-0.2, -0.15) is 0 Å². The van der Waals surface area contributed by atoms with Gasteiger partial charge in [0.25, 0.3) is 0 Å². The third-order valence-corrected chi connectivity index (χ3v) is 3.15. The molecule has 0 aliphatic carbocycles. The molecule has 3 aromatic rings. The van der Waals surface area contributed by atoms with Gasteiger partial charge in [-0.1, -0.05) is 30.3 Å². The largest absolute Gasteiger partial charge is 0.324 e. The average molecular weight is 279 g/mol. The zero-order chi connectivity index (χ0) is 14.7. The normalized spacial score (nSPS) is 10.4. The van der Waals surface area contributed by atoms with Crippen molar-refractivity contribution in [1.82, 2.24) is 9.97 Å². The second kappa shape index (κ2) is 5.71. The van der Waals surface area contributed by atoms with Crippen LogP contribution in [-0.2, 0) is 0 Å². The number of anilines is 2. The zero-order valence-electron chi connectivity index (χ0n) is 11.5. The average Bonchev–Trinajstić information content (AvgIpc) is 2.51. The quantitative estimate of drug-likeness (QED) is 0.775. The fourth-order valence-electron chi connectivity index (χ4n) is 1.98. The van der Waals surface area contributed by atoms with Crippen molar-refractivity contribution in [2.45, 2.75) is 6.92 Å². The number of aryl methyl sites for hydroxylation is 1. The van der Waals surface area contributed by atoms with Gasteiger partial charge in [-0.3, -0.25) is 0 Å². The zero-order valence-corrected chi connectivity index (χ0v) is 11.5. The Kier molecular flexibility index (Phi) is 3.60. The van der Waals surface area contributed by atoms with Crippen LogP contribution in [0.25, 0.3) is 11.3 Å². The maximum Gasteiger partial charge on any atom is 0.227 e. The van der Waals surface area contributed by atoms with Crippen molar-refractivity contribution >= 4 is 11.6 Å². The van der Waals surface area contributed by atoms with Gasteiger partial charge in [0, 0.05) is 17.4 Å². The van der Waals surface area contributed by atoms with Crippen LogP contribution in [0.5, 0.6) is 0 Å². The number of aromatic nitrogens is 2. The van der Waals surface area contributed by atoms with Gasteiger partial charge in [0.15, 0.2) is 0 Å². The molecule has 21 heavy (non-hydrogen) atoms. The summed E-state index contributed by atoms with van der Waals surface area (Å²) < 4.78 is 13.7. The van der Waals surface area contributed by atoms with Gasteiger partial charge >= 0.3 is 0 Å². The SMILES string of the molecule is Cc1ccc(-c2ccnc(Nc3ccccc3)n2)cc1F. The molecule has 1 heterocycles. The van der Waals surface area contributed by atoms with E-state index in [4.69, 9.17) is 0 Å². The second-order valence-corrected chi connectivity index (χ2v) is 4.72. The Bertz CT molecular complexity index is 757. The van der Waals surface area contributed by atoms with Crippen molar-refractivity contribution in [3.05, 3.63) is 72.2 Å². The molecule has 0 saturated heterocycles. The van der Waals surface area contributed by atoms with E-state index in [0.717, 1.165) is 11.3 Å². The molecule has 0 atom stereocenters. The predicted octanol–water partition coefficient (Wildman–Crippen LogP) is 4.33. The number of hydrogen-bond donors (Lipinski definition) is 1. The Morgan fingerprint density at radius 3 is 2.57 bits per heavy atom. The first-order valence-corrected chi connectivity index (χ1v) is 6.64. The van der Waals surface area contributed by atoms with Crippen LogP contribution in [0.4, 0.5) is 16.0 Å². The summed E-state index contributed by atoms with van der Waals surface area (Å²) in [5.74, 6) is 0.253. The molecule has 0 fully saturated rings. The predicted molar refractivity (Wildman–Crippen MR) is 81.9 cm³/mol. The van der Waals surface area contributed by atoms with Crippen LogP contribution >= 0.6 is 0 Å². The van der Waals surface area contributed by atoms with Gasteiger partial charge in [0.2, 0.25) is 5.95 Å². The van der Waals surface area contributed by atoms with Crippen LogP contribution in [0.15, 0.2) is 60.8 Å². The minimum absolute atomic E-state index is 0.233. The lowest BCUT2D eigenvalue weighted by molar-refractivity contribution is 0.619. The third-order valence-electron chi connectivity index (χ3n) is 3.15. The second-order valence-electron chi connectivity index (χ2n) is 4.72. The van der Waals surface area contributed by atoms with Crippen molar-refractivity contribution in [2.24, 2.45) is 0 Å². The van der Waals surface area contributed by atoms with Gasteiger partial charge in [-0.05, 0) is 36.8 Å². The highest BCUT2D eigenvalue weighted by molar-refractivity contribution is 5.62. The minimum atomic E-state index is -0.233. The first kappa shape index (κ1) is 13.2. The standard InChI is InChI=1S/C17H14FN3/c1-12-7-8-13(11-15(12)18)16-9-10-19-17(21-16)20-14-5-3-2-4-6-14/h2-11H,1H3,(H,19,20,21). The molecule has 0 aliphatic heterocycles. The van der Waals surface area contributed by atoms with Crippen molar-refractivity contribution in [1.29, 1.82) is 0 Å². The molecule has 1 N–H and O–H groups in total. The summed E-state index contributed by atoms with van der Waals surface area (Å²) in [6.45, 7) is 1.74. The van der Waals surface area contributed by atoms with E-state index in [1.54, 1.807) is 25.3 Å². The van der Waals surface area contributed by atoms with E-state index >= 15 is 0 Å². The highest BCUT2D eigenvalue weighted by atomic mass is 19.1. The number of nitrogens with one attached hydrogen (secondary N) is 1. The summed E-state index contributed by atoms with van der Waals surface area (Å²) in [4.78, 5) is 8.60. The van der Waals surface area contributed by atoms with Gasteiger partial charge in [-0.15, -0.1) is 0 Å². The van der Waals surface area contributed by atoms with Gasteiger partial charge in [0.05, 0.1) is 5.69 Å². The van der Waals surface area contributed by atoms with Crippen molar-refractivity contribution < 1.29 is 4.39 Å². The Morgan fingerprint density at radius 2 is 1.81 bits per heavy atom. The molecule has 4 heteroatoms. The van der Waals surface area contributed by atoms with Gasteiger partial charge < -0.3 is 5.32 Å². The van der Waals surface area contributed by atoms with Crippen LogP contribution in [0.1, 0.15) is 5.56 Å². The number of halogens is 1. The number of benzene rings is 2. The molecule has 0 aliphatic rings. The van der Waals surface area contributed by atoms with Crippen molar-refractivity contribution in [3.63, 3.8) is 0 Å². The Hall–Kier alpha value is -2.75. The van der Waals surface area contributed by atoms with Crippen molar-refractivity contribution in [2.75, 3.05) is 5.32 Å². The number of rotatable bonds is 3. The fraction of sp³-hybridized carbons (Fsp3) is 0.0588. The van der Waals surface area contributed by atoms with Crippen molar-refractivity contribution in [3.8, 4) is 11.3 Å². The topological polar surface area (TPSA) is 37.8 Å². The van der Waals surface area contributed by atoms with Crippen LogP contribution in [0, 0.1) is 12.7 Å². The summed E-state index contributed by atoms with van der Waals surface area (Å²) >= 11 is 0. The number of para-hydroxylation sites is 1. The summed E-state index contributed by atoms with van der Waals surface area (Å²) in [6.07, 6.45) is 1.66. The lowest BCUT2D eigenvalue weighted by Crippen LogP contribution is -1.97. The molecule has 3 rings (SSSR count). The Labute approximate surface area is 122 Å². The molecular formula is C17H14FN3. The van der Waals surface area contributed by atoms with Crippen LogP contribution in [0.2, 0.25) is 0 Å². The van der Waals surface area contributed by atoms with E-state index in [1.807, 2.05) is 36.4 Å². The monoisotopic (exact) mass is 279 g/mol. The molecule has 0 saturated carbocycles. The van der Waals surface area contributed by atoms with Crippen LogP contribution in [-0.4, -0.2) is 9.97 Å². The van der Waals surface area contributed by atoms with E-state index in [-0.39, 0.29) is 5.82 Å². The molecule has 0 unspecified atom stereocenters. The summed E-state index contributed by atoms with van der Waals surface area (Å²) in [6, 6.07) is 16.5. The number of nitrogens with zero attached hydrogens (tertiary/aromatic N) is 2. The van der Waals surface area contributed by atoms with E-state index in [0.29, 0.717) is 17.2 Å². The first-order chi connectivity index (χ1) is 10.2. The van der Waals surface area contributed by atoms with Crippen LogP contribution in [0.3, 0.4) is 0 Å². The van der Waals surface area contributed by atoms with Gasteiger partial charge in [-0.25, -0.2) is 14.4 Å². The molecule has 0 radical (unpaired) electrons. The first-order valence-electron chi connectivity index (χ1n) is 6.64. The third kappa shape index (κ3) is 3.05. The van der Waals surface area contributed by atoms with E-state index in [2.05, 4.69) is 15.3 Å². The lowest BCUT2D eigenvalue weighted by Gasteiger charge is -2.07. The maximum atomic E-state index is 13.7. The summed E-state index contributed by atoms with van der Waals surface area (Å²) in [5.41, 5.74) is 2.94. The van der Waals surface area contributed by atoms with E-state index in [9.17, 15) is 4.39 Å². The number of hydrogen-bond acceptors (Lipinski definition) is 3. The lowest BCUT2D eigenvalue weighted by atomic mass is 10.1. The highest BCUT2D eigenvalue weighted by Crippen LogP contribution is 2.21.